The van der Waals surface area contributed by atoms with Crippen LogP contribution in [-0.2, 0) is 9.53 Å². The van der Waals surface area contributed by atoms with Gasteiger partial charge >= 0.3 is 0 Å². The van der Waals surface area contributed by atoms with Crippen molar-refractivity contribution in [3.63, 3.8) is 0 Å². The third kappa shape index (κ3) is 5.65. The van der Waals surface area contributed by atoms with Gasteiger partial charge < -0.3 is 9.64 Å². The molecule has 0 bridgehead atoms. The van der Waals surface area contributed by atoms with Crippen molar-refractivity contribution < 1.29 is 9.53 Å². The van der Waals surface area contributed by atoms with Crippen LogP contribution in [0.15, 0.2) is 103 Å². The predicted molar refractivity (Wildman–Crippen MR) is 135 cm³/mol. The van der Waals surface area contributed by atoms with Gasteiger partial charge in [-0.1, -0.05) is 54.6 Å². The average molecular weight is 449 g/mol. The lowest BCUT2D eigenvalue weighted by Crippen LogP contribution is -2.09. The molecule has 0 unspecified atom stereocenters. The molecule has 0 atom stereocenters. The Hall–Kier alpha value is -4.40. The van der Waals surface area contributed by atoms with E-state index in [1.54, 1.807) is 6.08 Å². The van der Waals surface area contributed by atoms with Crippen LogP contribution in [0, 0.1) is 11.3 Å². The topological polar surface area (TPSA) is 53.3 Å². The second kappa shape index (κ2) is 10.8. The molecule has 5 heteroatoms. The molecule has 0 spiro atoms. The minimum Gasteiger partial charge on any atom is -0.417 e. The van der Waals surface area contributed by atoms with Gasteiger partial charge in [-0.25, -0.2) is 0 Å². The normalized spacial score (nSPS) is 11.2. The second-order valence-corrected chi connectivity index (χ2v) is 8.15. The molecule has 160 valence electrons. The minimum atomic E-state index is -0.0284. The summed E-state index contributed by atoms with van der Waals surface area (Å²) in [5.74, 6) is -0.0284. The lowest BCUT2D eigenvalue weighted by molar-refractivity contribution is -0.124. The molecule has 33 heavy (non-hydrogen) atoms. The van der Waals surface area contributed by atoms with Crippen molar-refractivity contribution in [2.24, 2.45) is 0 Å². The van der Waals surface area contributed by atoms with Crippen LogP contribution in [0.2, 0.25) is 0 Å². The Morgan fingerprint density at radius 1 is 0.758 bits per heavy atom. The summed E-state index contributed by atoms with van der Waals surface area (Å²) in [4.78, 5) is 14.5. The maximum Gasteiger partial charge on any atom is 0.299 e. The molecule has 3 aromatic carbocycles. The van der Waals surface area contributed by atoms with E-state index >= 15 is 0 Å². The van der Waals surface area contributed by atoms with Gasteiger partial charge in [0, 0.05) is 32.9 Å². The van der Waals surface area contributed by atoms with E-state index in [1.165, 1.54) is 11.3 Å². The second-order valence-electron chi connectivity index (χ2n) is 7.01. The van der Waals surface area contributed by atoms with Gasteiger partial charge in [0.15, 0.2) is 0 Å². The van der Waals surface area contributed by atoms with E-state index in [1.807, 2.05) is 66.8 Å². The molecule has 1 heterocycles. The van der Waals surface area contributed by atoms with Gasteiger partial charge in [0.1, 0.15) is 6.07 Å². The molecule has 0 aliphatic carbocycles. The van der Waals surface area contributed by atoms with Crippen LogP contribution < -0.4 is 4.90 Å². The van der Waals surface area contributed by atoms with Gasteiger partial charge in [-0.3, -0.25) is 4.79 Å². The number of carbonyl (C=O) groups excluding carboxylic acids is 1. The first-order valence-electron chi connectivity index (χ1n) is 10.3. The summed E-state index contributed by atoms with van der Waals surface area (Å²) in [5.41, 5.74) is 4.35. The highest BCUT2D eigenvalue weighted by atomic mass is 32.1. The fourth-order valence-electron chi connectivity index (χ4n) is 3.32. The summed E-state index contributed by atoms with van der Waals surface area (Å²) in [6.07, 6.45) is 5.62. The first-order valence-corrected chi connectivity index (χ1v) is 11.1. The van der Waals surface area contributed by atoms with Crippen LogP contribution in [0.25, 0.3) is 18.2 Å². The van der Waals surface area contributed by atoms with E-state index in [-0.39, 0.29) is 12.2 Å². The fourth-order valence-corrected chi connectivity index (χ4v) is 4.17. The number of rotatable bonds is 8. The highest BCUT2D eigenvalue weighted by Crippen LogP contribution is 2.34. The first kappa shape index (κ1) is 21.8. The Labute approximate surface area is 196 Å². The maximum absolute atomic E-state index is 10.4. The van der Waals surface area contributed by atoms with E-state index in [2.05, 4.69) is 58.2 Å². The van der Waals surface area contributed by atoms with Gasteiger partial charge in [-0.15, -0.1) is 11.3 Å². The summed E-state index contributed by atoms with van der Waals surface area (Å²) in [6, 6.07) is 34.7. The Morgan fingerprint density at radius 2 is 1.33 bits per heavy atom. The van der Waals surface area contributed by atoms with E-state index < -0.39 is 0 Å². The maximum atomic E-state index is 10.4. The smallest absolute Gasteiger partial charge is 0.299 e. The Kier molecular flexibility index (Phi) is 7.11. The third-order valence-electron chi connectivity index (χ3n) is 4.83. The zero-order valence-electron chi connectivity index (χ0n) is 17.7. The standard InChI is InChI=1S/C28H20N2O2S/c29-20-26(32-21-31)19-28-18-17-27(33-28)16-13-22-11-14-25(15-12-22)30(23-7-3-1-4-8-23)24-9-5-2-6-10-24/h1-19,21H/b16-13+,26-19-. The molecular formula is C28H20N2O2S. The van der Waals surface area contributed by atoms with Crippen molar-refractivity contribution in [3.05, 3.63) is 118 Å². The molecule has 0 N–H and O–H groups in total. The van der Waals surface area contributed by atoms with Crippen LogP contribution in [0.5, 0.6) is 0 Å². The van der Waals surface area contributed by atoms with Crippen LogP contribution in [0.3, 0.4) is 0 Å². The predicted octanol–water partition coefficient (Wildman–Crippen LogP) is 7.43. The van der Waals surface area contributed by atoms with Crippen molar-refractivity contribution >= 4 is 53.1 Å². The summed E-state index contributed by atoms with van der Waals surface area (Å²) >= 11 is 1.51. The summed E-state index contributed by atoms with van der Waals surface area (Å²) in [7, 11) is 0. The highest BCUT2D eigenvalue weighted by molar-refractivity contribution is 7.13. The average Bonchev–Trinajstić information content (AvgIpc) is 3.32. The molecule has 0 aliphatic heterocycles. The number of nitrogens with zero attached hydrogens (tertiary/aromatic N) is 2. The van der Waals surface area contributed by atoms with Gasteiger partial charge in [-0.05, 0) is 60.2 Å². The molecule has 4 nitrogen and oxygen atoms in total. The number of anilines is 3. The van der Waals surface area contributed by atoms with E-state index in [9.17, 15) is 4.79 Å². The van der Waals surface area contributed by atoms with Gasteiger partial charge in [-0.2, -0.15) is 5.26 Å². The molecule has 4 aromatic rings. The van der Waals surface area contributed by atoms with Crippen molar-refractivity contribution in [2.45, 2.75) is 0 Å². The first-order chi connectivity index (χ1) is 16.3. The number of para-hydroxylation sites is 2. The number of hydrogen-bond acceptors (Lipinski definition) is 5. The Bertz CT molecular complexity index is 1260. The summed E-state index contributed by atoms with van der Waals surface area (Å²) in [5, 5.41) is 8.97. The summed E-state index contributed by atoms with van der Waals surface area (Å²) < 4.78 is 4.63. The zero-order valence-corrected chi connectivity index (χ0v) is 18.5. The molecular weight excluding hydrogens is 428 g/mol. The van der Waals surface area contributed by atoms with Gasteiger partial charge in [0.2, 0.25) is 5.76 Å². The highest BCUT2D eigenvalue weighted by Gasteiger charge is 2.11. The van der Waals surface area contributed by atoms with E-state index in [0.29, 0.717) is 0 Å². The zero-order chi connectivity index (χ0) is 22.9. The number of benzene rings is 3. The molecule has 0 saturated carbocycles. The molecule has 0 amide bonds. The number of carbonyl (C=O) groups is 1. The van der Waals surface area contributed by atoms with Crippen LogP contribution >= 0.6 is 11.3 Å². The lowest BCUT2D eigenvalue weighted by atomic mass is 10.1. The van der Waals surface area contributed by atoms with Crippen LogP contribution in [0.1, 0.15) is 15.3 Å². The van der Waals surface area contributed by atoms with Gasteiger partial charge in [0.25, 0.3) is 6.47 Å². The largest absolute Gasteiger partial charge is 0.417 e. The Morgan fingerprint density at radius 3 is 1.91 bits per heavy atom. The Balaban J connectivity index is 1.54. The van der Waals surface area contributed by atoms with Crippen molar-refractivity contribution in [2.75, 3.05) is 4.90 Å². The molecule has 0 aliphatic rings. The van der Waals surface area contributed by atoms with Crippen LogP contribution in [0.4, 0.5) is 17.1 Å². The molecule has 0 saturated heterocycles. The van der Waals surface area contributed by atoms with E-state index in [4.69, 9.17) is 5.26 Å². The quantitative estimate of drug-likeness (QED) is 0.160. The fraction of sp³-hybridized carbons (Fsp3) is 0. The molecule has 1 aromatic heterocycles. The number of allylic oxidation sites excluding steroid dienone is 1. The molecule has 4 rings (SSSR count). The van der Waals surface area contributed by atoms with Crippen molar-refractivity contribution in [1.29, 1.82) is 5.26 Å². The lowest BCUT2D eigenvalue weighted by Gasteiger charge is -2.25. The SMILES string of the molecule is N#C/C(=C/c1ccc(/C=C/c2ccc(N(c3ccccc3)c3ccccc3)cc2)s1)OC=O. The number of nitriles is 1. The molecule has 0 fully saturated rings. The third-order valence-corrected chi connectivity index (χ3v) is 5.82. The van der Waals surface area contributed by atoms with Crippen molar-refractivity contribution in [3.8, 4) is 6.07 Å². The molecule has 0 radical (unpaired) electrons. The number of ether oxygens (including phenoxy) is 1. The monoisotopic (exact) mass is 448 g/mol. The van der Waals surface area contributed by atoms with Crippen LogP contribution in [-0.4, -0.2) is 6.47 Å². The number of thiophene rings is 1. The summed E-state index contributed by atoms with van der Waals surface area (Å²) in [6.45, 7) is 0.254. The minimum absolute atomic E-state index is 0.0284. The number of hydrogen-bond donors (Lipinski definition) is 0. The van der Waals surface area contributed by atoms with Crippen molar-refractivity contribution in [1.82, 2.24) is 0 Å². The van der Waals surface area contributed by atoms with E-state index in [0.717, 1.165) is 32.4 Å². The van der Waals surface area contributed by atoms with Gasteiger partial charge in [0.05, 0.1) is 0 Å².